The van der Waals surface area contributed by atoms with Crippen molar-refractivity contribution in [2.24, 2.45) is 0 Å². The fraction of sp³-hybridized carbons (Fsp3) is 0.294. The maximum absolute atomic E-state index is 13.9. The lowest BCUT2D eigenvalue weighted by molar-refractivity contribution is 0.354. The molecular formula is C17H18FNO2. The van der Waals surface area contributed by atoms with Gasteiger partial charge < -0.3 is 14.8 Å². The van der Waals surface area contributed by atoms with E-state index in [4.69, 9.17) is 9.47 Å². The van der Waals surface area contributed by atoms with E-state index in [1.54, 1.807) is 20.3 Å². The number of nitrogens with one attached hydrogen (secondary N) is 1. The summed E-state index contributed by atoms with van der Waals surface area (Å²) in [5, 5.41) is 3.41. The molecule has 1 N–H and O–H groups in total. The van der Waals surface area contributed by atoms with Crippen LogP contribution in [0.5, 0.6) is 11.5 Å². The van der Waals surface area contributed by atoms with Crippen LogP contribution in [-0.4, -0.2) is 14.2 Å². The third-order valence-corrected chi connectivity index (χ3v) is 4.00. The van der Waals surface area contributed by atoms with Gasteiger partial charge >= 0.3 is 0 Å². The number of aryl methyl sites for hydroxylation is 1. The molecule has 21 heavy (non-hydrogen) atoms. The van der Waals surface area contributed by atoms with E-state index in [2.05, 4.69) is 5.32 Å². The van der Waals surface area contributed by atoms with Crippen molar-refractivity contribution in [1.82, 2.24) is 0 Å². The number of hydrogen-bond donors (Lipinski definition) is 1. The van der Waals surface area contributed by atoms with E-state index >= 15 is 0 Å². The first-order chi connectivity index (χ1) is 10.1. The van der Waals surface area contributed by atoms with Gasteiger partial charge in [-0.25, -0.2) is 4.39 Å². The van der Waals surface area contributed by atoms with E-state index < -0.39 is 0 Å². The van der Waals surface area contributed by atoms with E-state index in [0.29, 0.717) is 17.9 Å². The fourth-order valence-corrected chi connectivity index (χ4v) is 2.84. The van der Waals surface area contributed by atoms with Crippen molar-refractivity contribution in [2.75, 3.05) is 19.5 Å². The first kappa shape index (κ1) is 13.7. The number of hydrogen-bond acceptors (Lipinski definition) is 3. The molecule has 2 aromatic carbocycles. The van der Waals surface area contributed by atoms with Crippen LogP contribution < -0.4 is 14.8 Å². The summed E-state index contributed by atoms with van der Waals surface area (Å²) in [5.74, 6) is 1.23. The first-order valence-corrected chi connectivity index (χ1v) is 6.90. The van der Waals surface area contributed by atoms with E-state index in [1.165, 1.54) is 6.07 Å². The largest absolute Gasteiger partial charge is 0.493 e. The highest BCUT2D eigenvalue weighted by Gasteiger charge is 2.26. The van der Waals surface area contributed by atoms with Crippen LogP contribution in [-0.2, 0) is 6.42 Å². The molecule has 3 nitrogen and oxygen atoms in total. The Balaban J connectivity index is 1.94. The molecule has 0 saturated carbocycles. The molecule has 0 fully saturated rings. The summed E-state index contributed by atoms with van der Waals surface area (Å²) in [6, 6.07) is 9.19. The van der Waals surface area contributed by atoms with Crippen molar-refractivity contribution < 1.29 is 13.9 Å². The van der Waals surface area contributed by atoms with Gasteiger partial charge in [0, 0.05) is 17.7 Å². The Morgan fingerprint density at radius 1 is 1.10 bits per heavy atom. The molecule has 4 heteroatoms. The predicted molar refractivity (Wildman–Crippen MR) is 80.8 cm³/mol. The lowest BCUT2D eigenvalue weighted by Crippen LogP contribution is -2.06. The smallest absolute Gasteiger partial charge is 0.161 e. The molecule has 0 aromatic heterocycles. The Bertz CT molecular complexity index is 654. The highest BCUT2D eigenvalue weighted by atomic mass is 19.1. The SMILES string of the molecule is COc1ccc(C2Cc3c(F)ccc(C)c3N2)cc1OC. The Hall–Kier alpha value is -2.23. The number of benzene rings is 2. The number of methoxy groups -OCH3 is 2. The third-order valence-electron chi connectivity index (χ3n) is 4.00. The van der Waals surface area contributed by atoms with Crippen LogP contribution in [0.2, 0.25) is 0 Å². The van der Waals surface area contributed by atoms with Gasteiger partial charge in [0.2, 0.25) is 0 Å². The van der Waals surface area contributed by atoms with E-state index in [0.717, 1.165) is 22.4 Å². The molecule has 1 heterocycles. The van der Waals surface area contributed by atoms with Crippen molar-refractivity contribution in [2.45, 2.75) is 19.4 Å². The number of fused-ring (bicyclic) bond motifs is 1. The van der Waals surface area contributed by atoms with Gasteiger partial charge in [0.05, 0.1) is 20.3 Å². The maximum Gasteiger partial charge on any atom is 0.161 e. The summed E-state index contributed by atoms with van der Waals surface area (Å²) in [6.07, 6.45) is 0.637. The molecule has 0 spiro atoms. The van der Waals surface area contributed by atoms with Crippen LogP contribution in [0.4, 0.5) is 10.1 Å². The average Bonchev–Trinajstić information content (AvgIpc) is 2.97. The molecule has 1 aliphatic rings. The minimum Gasteiger partial charge on any atom is -0.493 e. The molecule has 3 rings (SSSR count). The zero-order valence-electron chi connectivity index (χ0n) is 12.4. The maximum atomic E-state index is 13.9. The third kappa shape index (κ3) is 2.31. The minimum atomic E-state index is -0.147. The Kier molecular flexibility index (Phi) is 3.45. The summed E-state index contributed by atoms with van der Waals surface area (Å²) >= 11 is 0. The summed E-state index contributed by atoms with van der Waals surface area (Å²) in [4.78, 5) is 0. The van der Waals surface area contributed by atoms with Crippen LogP contribution in [0.1, 0.15) is 22.7 Å². The van der Waals surface area contributed by atoms with Crippen LogP contribution in [0, 0.1) is 12.7 Å². The first-order valence-electron chi connectivity index (χ1n) is 6.90. The molecule has 0 radical (unpaired) electrons. The molecule has 1 unspecified atom stereocenters. The van der Waals surface area contributed by atoms with Crippen molar-refractivity contribution in [3.63, 3.8) is 0 Å². The molecule has 2 aromatic rings. The molecule has 0 aliphatic carbocycles. The summed E-state index contributed by atoms with van der Waals surface area (Å²) in [6.45, 7) is 1.99. The molecular weight excluding hydrogens is 269 g/mol. The van der Waals surface area contributed by atoms with E-state index in [9.17, 15) is 4.39 Å². The van der Waals surface area contributed by atoms with Crippen LogP contribution >= 0.6 is 0 Å². The normalized spacial score (nSPS) is 16.3. The minimum absolute atomic E-state index is 0.0513. The van der Waals surface area contributed by atoms with Crippen LogP contribution in [0.25, 0.3) is 0 Å². The van der Waals surface area contributed by atoms with Gasteiger partial charge in [-0.05, 0) is 36.2 Å². The van der Waals surface area contributed by atoms with Gasteiger partial charge in [-0.15, -0.1) is 0 Å². The van der Waals surface area contributed by atoms with Gasteiger partial charge in [0.25, 0.3) is 0 Å². The van der Waals surface area contributed by atoms with E-state index in [1.807, 2.05) is 25.1 Å². The predicted octanol–water partition coefficient (Wildman–Crippen LogP) is 3.86. The highest BCUT2D eigenvalue weighted by molar-refractivity contribution is 5.63. The zero-order valence-corrected chi connectivity index (χ0v) is 12.4. The topological polar surface area (TPSA) is 30.5 Å². The molecule has 0 amide bonds. The second-order valence-electron chi connectivity index (χ2n) is 5.23. The second kappa shape index (κ2) is 5.28. The fourth-order valence-electron chi connectivity index (χ4n) is 2.84. The number of anilines is 1. The average molecular weight is 287 g/mol. The monoisotopic (exact) mass is 287 g/mol. The summed E-state index contributed by atoms with van der Waals surface area (Å²) in [7, 11) is 3.22. The molecule has 110 valence electrons. The van der Waals surface area contributed by atoms with Crippen LogP contribution in [0.3, 0.4) is 0 Å². The molecule has 1 atom stereocenters. The van der Waals surface area contributed by atoms with Crippen molar-refractivity contribution >= 4 is 5.69 Å². The van der Waals surface area contributed by atoms with Gasteiger partial charge in [-0.3, -0.25) is 0 Å². The second-order valence-corrected chi connectivity index (χ2v) is 5.23. The van der Waals surface area contributed by atoms with Crippen molar-refractivity contribution in [1.29, 1.82) is 0 Å². The number of halogens is 1. The highest BCUT2D eigenvalue weighted by Crippen LogP contribution is 2.39. The lowest BCUT2D eigenvalue weighted by atomic mass is 10.0. The number of rotatable bonds is 3. The summed E-state index contributed by atoms with van der Waals surface area (Å²) in [5.41, 5.74) is 3.79. The number of ether oxygens (including phenoxy) is 2. The Morgan fingerprint density at radius 3 is 2.52 bits per heavy atom. The molecule has 1 aliphatic heterocycles. The summed E-state index contributed by atoms with van der Waals surface area (Å²) < 4.78 is 24.5. The zero-order chi connectivity index (χ0) is 15.0. The lowest BCUT2D eigenvalue weighted by Gasteiger charge is -2.15. The van der Waals surface area contributed by atoms with E-state index in [-0.39, 0.29) is 11.9 Å². The van der Waals surface area contributed by atoms with Crippen molar-refractivity contribution in [3.8, 4) is 11.5 Å². The Labute approximate surface area is 123 Å². The van der Waals surface area contributed by atoms with Gasteiger partial charge in [0.1, 0.15) is 5.82 Å². The standard InChI is InChI=1S/C17H18FNO2/c1-10-4-6-13(18)12-9-14(19-17(10)12)11-5-7-15(20-2)16(8-11)21-3/h4-8,14,19H,9H2,1-3H3. The molecule has 0 bridgehead atoms. The van der Waals surface area contributed by atoms with Gasteiger partial charge in [-0.1, -0.05) is 12.1 Å². The van der Waals surface area contributed by atoms with Crippen molar-refractivity contribution in [3.05, 3.63) is 52.8 Å². The Morgan fingerprint density at radius 2 is 1.86 bits per heavy atom. The van der Waals surface area contributed by atoms with Crippen LogP contribution in [0.15, 0.2) is 30.3 Å². The quantitative estimate of drug-likeness (QED) is 0.930. The van der Waals surface area contributed by atoms with Gasteiger partial charge in [0.15, 0.2) is 11.5 Å². The van der Waals surface area contributed by atoms with Gasteiger partial charge in [-0.2, -0.15) is 0 Å². The molecule has 0 saturated heterocycles.